The van der Waals surface area contributed by atoms with Gasteiger partial charge in [-0.25, -0.2) is 0 Å². The molecule has 3 heterocycles. The predicted molar refractivity (Wildman–Crippen MR) is 172 cm³/mol. The first-order valence-corrected chi connectivity index (χ1v) is 16.5. The van der Waals surface area contributed by atoms with Gasteiger partial charge in [0.15, 0.2) is 0 Å². The molecule has 1 spiro atoms. The molecule has 2 bridgehead atoms. The van der Waals surface area contributed by atoms with E-state index in [9.17, 15) is 19.5 Å². The Labute approximate surface area is 264 Å². The van der Waals surface area contributed by atoms with E-state index in [1.807, 2.05) is 51.1 Å². The van der Waals surface area contributed by atoms with Crippen molar-refractivity contribution < 1.29 is 24.2 Å². The maximum atomic E-state index is 14.8. The van der Waals surface area contributed by atoms with Crippen LogP contribution in [-0.4, -0.2) is 87.1 Å². The molecule has 1 aromatic rings. The third kappa shape index (κ3) is 6.00. The largest absolute Gasteiger partial charge is 0.394 e. The van der Waals surface area contributed by atoms with Crippen LogP contribution in [0.15, 0.2) is 55.6 Å². The van der Waals surface area contributed by atoms with Gasteiger partial charge in [0.2, 0.25) is 17.7 Å². The minimum Gasteiger partial charge on any atom is -0.394 e. The molecule has 3 amide bonds. The molecule has 0 saturated carbocycles. The van der Waals surface area contributed by atoms with Crippen molar-refractivity contribution in [2.45, 2.75) is 96.6 Å². The molecule has 0 aliphatic carbocycles. The lowest BCUT2D eigenvalue weighted by Gasteiger charge is -2.40. The van der Waals surface area contributed by atoms with Crippen LogP contribution in [0.2, 0.25) is 0 Å². The molecule has 1 N–H and O–H groups in total. The van der Waals surface area contributed by atoms with Crippen LogP contribution in [-0.2, 0) is 25.7 Å². The van der Waals surface area contributed by atoms with E-state index >= 15 is 0 Å². The van der Waals surface area contributed by atoms with E-state index in [4.69, 9.17) is 4.74 Å². The average Bonchev–Trinajstić information content (AvgIpc) is 3.51. The lowest BCUT2D eigenvalue weighted by molar-refractivity contribution is -0.158. The van der Waals surface area contributed by atoms with Crippen LogP contribution in [0.3, 0.4) is 0 Å². The van der Waals surface area contributed by atoms with Crippen molar-refractivity contribution in [1.29, 1.82) is 0 Å². The fraction of sp³-hybridized carbons (Fsp3) is 0.639. The molecule has 44 heavy (non-hydrogen) atoms. The van der Waals surface area contributed by atoms with Gasteiger partial charge in [-0.2, -0.15) is 0 Å². The first-order valence-electron chi connectivity index (χ1n) is 16.5. The van der Waals surface area contributed by atoms with E-state index in [1.165, 1.54) is 0 Å². The van der Waals surface area contributed by atoms with Crippen LogP contribution in [0.1, 0.15) is 72.3 Å². The van der Waals surface area contributed by atoms with E-state index in [-0.39, 0.29) is 36.2 Å². The van der Waals surface area contributed by atoms with Crippen molar-refractivity contribution in [2.75, 3.05) is 26.2 Å². The Morgan fingerprint density at radius 3 is 2.36 bits per heavy atom. The van der Waals surface area contributed by atoms with E-state index < -0.39 is 35.1 Å². The Morgan fingerprint density at radius 2 is 1.77 bits per heavy atom. The highest BCUT2D eigenvalue weighted by Gasteiger charge is 2.80. The molecule has 3 fully saturated rings. The molecule has 0 radical (unpaired) electrons. The molecule has 3 aliphatic rings. The number of benzene rings is 1. The number of hydrogen-bond donors (Lipinski definition) is 1. The molecule has 3 unspecified atom stereocenters. The van der Waals surface area contributed by atoms with E-state index in [2.05, 4.69) is 27.0 Å². The number of aliphatic hydroxyl groups is 1. The molecule has 242 valence electrons. The maximum Gasteiger partial charge on any atom is 0.248 e. The van der Waals surface area contributed by atoms with Gasteiger partial charge in [0.1, 0.15) is 11.6 Å². The number of nitrogens with zero attached hydrogens (tertiary/aromatic N) is 3. The highest BCUT2D eigenvalue weighted by Crippen LogP contribution is 2.66. The first kappa shape index (κ1) is 33.9. The van der Waals surface area contributed by atoms with Crippen molar-refractivity contribution in [3.63, 3.8) is 0 Å². The molecule has 1 aromatic carbocycles. The first-order chi connectivity index (χ1) is 21.0. The van der Waals surface area contributed by atoms with Crippen molar-refractivity contribution in [1.82, 2.24) is 14.7 Å². The van der Waals surface area contributed by atoms with Gasteiger partial charge >= 0.3 is 0 Å². The Bertz CT molecular complexity index is 1200. The summed E-state index contributed by atoms with van der Waals surface area (Å²) in [5.41, 5.74) is -1.10. The SMILES string of the molecule is C=CCN(CCCCC)C(=O)C1N([C@@H](CO)CC(C)C)C(=O)[C@@H]2[C@@H](C(=O)N(CC=C)Cc3ccccc3)[C@]3(C)OC12CC3C. The van der Waals surface area contributed by atoms with Gasteiger partial charge in [-0.15, -0.1) is 13.2 Å². The van der Waals surface area contributed by atoms with Gasteiger partial charge in [0.05, 0.1) is 30.1 Å². The molecular weight excluding hydrogens is 554 g/mol. The summed E-state index contributed by atoms with van der Waals surface area (Å²) in [6.45, 7) is 19.4. The van der Waals surface area contributed by atoms with Gasteiger partial charge in [0, 0.05) is 26.2 Å². The van der Waals surface area contributed by atoms with Gasteiger partial charge in [0.25, 0.3) is 0 Å². The molecule has 0 aromatic heterocycles. The van der Waals surface area contributed by atoms with Crippen LogP contribution in [0.4, 0.5) is 0 Å². The average molecular weight is 608 g/mol. The van der Waals surface area contributed by atoms with Crippen LogP contribution >= 0.6 is 0 Å². The Hall–Kier alpha value is -2.97. The molecule has 8 heteroatoms. The highest BCUT2D eigenvalue weighted by atomic mass is 16.5. The number of fused-ring (bicyclic) bond motifs is 1. The van der Waals surface area contributed by atoms with E-state index in [0.29, 0.717) is 39.0 Å². The van der Waals surface area contributed by atoms with Crippen molar-refractivity contribution in [3.8, 4) is 0 Å². The van der Waals surface area contributed by atoms with Crippen molar-refractivity contribution in [2.24, 2.45) is 23.7 Å². The summed E-state index contributed by atoms with van der Waals surface area (Å²) in [5.74, 6) is -2.08. The van der Waals surface area contributed by atoms with Gasteiger partial charge in [-0.3, -0.25) is 14.4 Å². The standard InChI is InChI=1S/C36H53N3O5/c1-8-11-15-20-37(18-9-2)34(43)31-36-22-26(6)35(7,44-36)29(30(36)33(42)39(31)28(24-40)21-25(4)5)32(41)38(19-10-3)23-27-16-13-12-14-17-27/h9-10,12-14,16-17,25-26,28-31,40H,2-3,8,11,15,18-24H2,1,4-7H3/t26?,28-,29+,30+,31?,35-,36?/m1/s1. The fourth-order valence-corrected chi connectivity index (χ4v) is 8.11. The summed E-state index contributed by atoms with van der Waals surface area (Å²) < 4.78 is 6.99. The zero-order chi connectivity index (χ0) is 32.2. The number of carbonyl (C=O) groups is 3. The third-order valence-corrected chi connectivity index (χ3v) is 10.2. The summed E-state index contributed by atoms with van der Waals surface area (Å²) in [6, 6.07) is 8.30. The topological polar surface area (TPSA) is 90.4 Å². The zero-order valence-electron chi connectivity index (χ0n) is 27.4. The van der Waals surface area contributed by atoms with Crippen LogP contribution in [0.5, 0.6) is 0 Å². The number of ether oxygens (including phenoxy) is 1. The molecular formula is C36H53N3O5. The minimum atomic E-state index is -1.16. The number of carbonyl (C=O) groups excluding carboxylic acids is 3. The zero-order valence-corrected chi connectivity index (χ0v) is 27.4. The minimum absolute atomic E-state index is 0.0660. The predicted octanol–water partition coefficient (Wildman–Crippen LogP) is 4.82. The Morgan fingerprint density at radius 1 is 1.11 bits per heavy atom. The summed E-state index contributed by atoms with van der Waals surface area (Å²) in [4.78, 5) is 49.3. The number of aliphatic hydroxyl groups excluding tert-OH is 1. The molecule has 8 nitrogen and oxygen atoms in total. The highest BCUT2D eigenvalue weighted by molar-refractivity contribution is 5.99. The number of amides is 3. The van der Waals surface area contributed by atoms with Crippen LogP contribution in [0, 0.1) is 23.7 Å². The Kier molecular flexibility index (Phi) is 10.8. The van der Waals surface area contributed by atoms with Crippen LogP contribution in [0.25, 0.3) is 0 Å². The smallest absolute Gasteiger partial charge is 0.248 e. The summed E-state index contributed by atoms with van der Waals surface area (Å²) in [5, 5.41) is 10.6. The van der Waals surface area contributed by atoms with Gasteiger partial charge in [-0.05, 0) is 43.6 Å². The lowest BCUT2D eigenvalue weighted by Crippen LogP contribution is -2.59. The summed E-state index contributed by atoms with van der Waals surface area (Å²) in [6.07, 6.45) is 7.30. The summed E-state index contributed by atoms with van der Waals surface area (Å²) >= 11 is 0. The summed E-state index contributed by atoms with van der Waals surface area (Å²) in [7, 11) is 0. The Balaban J connectivity index is 1.81. The normalized spacial score (nSPS) is 29.5. The number of unbranched alkanes of at least 4 members (excludes halogenated alkanes) is 2. The number of rotatable bonds is 16. The van der Waals surface area contributed by atoms with Gasteiger partial charge < -0.3 is 24.5 Å². The fourth-order valence-electron chi connectivity index (χ4n) is 8.11. The molecule has 7 atom stereocenters. The van der Waals surface area contributed by atoms with E-state index in [1.54, 1.807) is 26.9 Å². The molecule has 3 aliphatic heterocycles. The number of likely N-dealkylation sites (tertiary alicyclic amines) is 1. The number of hydrogen-bond acceptors (Lipinski definition) is 5. The van der Waals surface area contributed by atoms with Gasteiger partial charge in [-0.1, -0.05) is 83.0 Å². The maximum absolute atomic E-state index is 14.8. The van der Waals surface area contributed by atoms with Crippen molar-refractivity contribution in [3.05, 3.63) is 61.2 Å². The molecule has 4 rings (SSSR count). The quantitative estimate of drug-likeness (QED) is 0.215. The van der Waals surface area contributed by atoms with Crippen molar-refractivity contribution >= 4 is 17.7 Å². The molecule has 3 saturated heterocycles. The second-order valence-corrected chi connectivity index (χ2v) is 13.7. The van der Waals surface area contributed by atoms with Crippen LogP contribution < -0.4 is 0 Å². The lowest BCUT2D eigenvalue weighted by atomic mass is 9.62. The second-order valence-electron chi connectivity index (χ2n) is 13.7. The van der Waals surface area contributed by atoms with E-state index in [0.717, 1.165) is 24.8 Å². The second kappa shape index (κ2) is 14.0. The monoisotopic (exact) mass is 607 g/mol. The third-order valence-electron chi connectivity index (χ3n) is 10.2.